The Labute approximate surface area is 112 Å². The fourth-order valence-electron chi connectivity index (χ4n) is 2.59. The van der Waals surface area contributed by atoms with Crippen LogP contribution in [-0.2, 0) is 11.2 Å². The fourth-order valence-corrected chi connectivity index (χ4v) is 2.59. The van der Waals surface area contributed by atoms with E-state index in [4.69, 9.17) is 0 Å². The highest BCUT2D eigenvalue weighted by Gasteiger charge is 2.32. The predicted octanol–water partition coefficient (Wildman–Crippen LogP) is 2.20. The minimum Gasteiger partial charge on any atom is -0.336 e. The quantitative estimate of drug-likeness (QED) is 0.900. The van der Waals surface area contributed by atoms with Crippen molar-refractivity contribution >= 4 is 17.5 Å². The maximum atomic E-state index is 12.5. The molecular weight excluding hydrogens is 240 g/mol. The van der Waals surface area contributed by atoms with E-state index >= 15 is 0 Å². The van der Waals surface area contributed by atoms with Crippen LogP contribution in [0.25, 0.3) is 0 Å². The third-order valence-corrected chi connectivity index (χ3v) is 3.69. The summed E-state index contributed by atoms with van der Waals surface area (Å²) in [4.78, 5) is 25.8. The molecule has 3 rings (SSSR count). The standard InChI is InChI=1S/C15H18N2O2/c1-2-7-17(12-5-6-12)15(19)11-4-3-10-9-14(18)16-13(10)8-11/h3-4,8,12H,2,5-7,9H2,1H3,(H,16,18). The zero-order valence-corrected chi connectivity index (χ0v) is 11.1. The van der Waals surface area contributed by atoms with Crippen molar-refractivity contribution < 1.29 is 9.59 Å². The molecule has 0 spiro atoms. The summed E-state index contributed by atoms with van der Waals surface area (Å²) in [5, 5.41) is 2.80. The lowest BCUT2D eigenvalue weighted by atomic mass is 10.1. The minimum absolute atomic E-state index is 0.00667. The van der Waals surface area contributed by atoms with Gasteiger partial charge in [0, 0.05) is 23.8 Å². The molecule has 1 heterocycles. The van der Waals surface area contributed by atoms with Crippen molar-refractivity contribution in [2.24, 2.45) is 0 Å². The number of hydrogen-bond donors (Lipinski definition) is 1. The number of anilines is 1. The van der Waals surface area contributed by atoms with Gasteiger partial charge in [-0.1, -0.05) is 13.0 Å². The van der Waals surface area contributed by atoms with Crippen LogP contribution in [0.4, 0.5) is 5.69 Å². The van der Waals surface area contributed by atoms with Gasteiger partial charge in [-0.25, -0.2) is 0 Å². The zero-order chi connectivity index (χ0) is 13.4. The van der Waals surface area contributed by atoms with Gasteiger partial charge < -0.3 is 10.2 Å². The number of amides is 2. The van der Waals surface area contributed by atoms with E-state index in [1.807, 2.05) is 23.1 Å². The van der Waals surface area contributed by atoms with E-state index in [-0.39, 0.29) is 11.8 Å². The van der Waals surface area contributed by atoms with Gasteiger partial charge in [-0.15, -0.1) is 0 Å². The van der Waals surface area contributed by atoms with E-state index in [2.05, 4.69) is 12.2 Å². The molecule has 1 aromatic carbocycles. The molecule has 0 saturated heterocycles. The van der Waals surface area contributed by atoms with Gasteiger partial charge in [-0.05, 0) is 37.0 Å². The Kier molecular flexibility index (Phi) is 3.01. The van der Waals surface area contributed by atoms with Gasteiger partial charge in [-0.3, -0.25) is 9.59 Å². The molecular formula is C15H18N2O2. The second-order valence-corrected chi connectivity index (χ2v) is 5.33. The van der Waals surface area contributed by atoms with Gasteiger partial charge in [0.15, 0.2) is 0 Å². The lowest BCUT2D eigenvalue weighted by Gasteiger charge is -2.22. The van der Waals surface area contributed by atoms with Gasteiger partial charge in [0.2, 0.25) is 5.91 Å². The molecule has 100 valence electrons. The van der Waals surface area contributed by atoms with E-state index in [1.165, 1.54) is 0 Å². The lowest BCUT2D eigenvalue weighted by molar-refractivity contribution is -0.115. The van der Waals surface area contributed by atoms with Crippen molar-refractivity contribution in [1.82, 2.24) is 4.90 Å². The topological polar surface area (TPSA) is 49.4 Å². The van der Waals surface area contributed by atoms with Crippen molar-refractivity contribution in [2.45, 2.75) is 38.6 Å². The highest BCUT2D eigenvalue weighted by molar-refractivity contribution is 6.02. The molecule has 1 N–H and O–H groups in total. The van der Waals surface area contributed by atoms with Gasteiger partial charge >= 0.3 is 0 Å². The van der Waals surface area contributed by atoms with E-state index in [9.17, 15) is 9.59 Å². The van der Waals surface area contributed by atoms with Gasteiger partial charge in [-0.2, -0.15) is 0 Å². The summed E-state index contributed by atoms with van der Waals surface area (Å²) in [6.07, 6.45) is 3.63. The number of nitrogens with zero attached hydrogens (tertiary/aromatic N) is 1. The van der Waals surface area contributed by atoms with Crippen molar-refractivity contribution in [3.05, 3.63) is 29.3 Å². The van der Waals surface area contributed by atoms with Crippen molar-refractivity contribution in [3.8, 4) is 0 Å². The van der Waals surface area contributed by atoms with Crippen LogP contribution in [0.2, 0.25) is 0 Å². The Bertz CT molecular complexity index is 535. The molecule has 0 unspecified atom stereocenters. The fraction of sp³-hybridized carbons (Fsp3) is 0.467. The van der Waals surface area contributed by atoms with Gasteiger partial charge in [0.05, 0.1) is 6.42 Å². The molecule has 2 amide bonds. The summed E-state index contributed by atoms with van der Waals surface area (Å²) >= 11 is 0. The zero-order valence-electron chi connectivity index (χ0n) is 11.1. The summed E-state index contributed by atoms with van der Waals surface area (Å²) in [6.45, 7) is 2.90. The molecule has 0 bridgehead atoms. The average Bonchev–Trinajstić information content (AvgIpc) is 3.15. The molecule has 4 nitrogen and oxygen atoms in total. The second kappa shape index (κ2) is 4.68. The summed E-state index contributed by atoms with van der Waals surface area (Å²) in [5.41, 5.74) is 2.46. The molecule has 1 aliphatic heterocycles. The summed E-state index contributed by atoms with van der Waals surface area (Å²) in [5.74, 6) is 0.0977. The monoisotopic (exact) mass is 258 g/mol. The Morgan fingerprint density at radius 2 is 2.21 bits per heavy atom. The highest BCUT2D eigenvalue weighted by atomic mass is 16.2. The number of nitrogens with one attached hydrogen (secondary N) is 1. The van der Waals surface area contributed by atoms with Crippen LogP contribution >= 0.6 is 0 Å². The van der Waals surface area contributed by atoms with E-state index in [0.717, 1.165) is 37.1 Å². The van der Waals surface area contributed by atoms with Crippen LogP contribution in [0.1, 0.15) is 42.1 Å². The first-order valence-electron chi connectivity index (χ1n) is 6.93. The third-order valence-electron chi connectivity index (χ3n) is 3.69. The number of carbonyl (C=O) groups is 2. The second-order valence-electron chi connectivity index (χ2n) is 5.33. The minimum atomic E-state index is 0.00667. The molecule has 0 radical (unpaired) electrons. The lowest BCUT2D eigenvalue weighted by Crippen LogP contribution is -2.33. The number of benzene rings is 1. The number of carbonyl (C=O) groups excluding carboxylic acids is 2. The molecule has 1 aromatic rings. The van der Waals surface area contributed by atoms with Crippen LogP contribution in [-0.4, -0.2) is 29.3 Å². The number of rotatable bonds is 4. The largest absolute Gasteiger partial charge is 0.336 e. The first kappa shape index (κ1) is 12.2. The summed E-state index contributed by atoms with van der Waals surface area (Å²) < 4.78 is 0. The predicted molar refractivity (Wildman–Crippen MR) is 73.1 cm³/mol. The van der Waals surface area contributed by atoms with E-state index < -0.39 is 0 Å². The van der Waals surface area contributed by atoms with Crippen molar-refractivity contribution in [3.63, 3.8) is 0 Å². The van der Waals surface area contributed by atoms with Crippen LogP contribution in [0, 0.1) is 0 Å². The first-order chi connectivity index (χ1) is 9.19. The van der Waals surface area contributed by atoms with Crippen molar-refractivity contribution in [2.75, 3.05) is 11.9 Å². The molecule has 19 heavy (non-hydrogen) atoms. The normalized spacial score (nSPS) is 17.0. The van der Waals surface area contributed by atoms with E-state index in [0.29, 0.717) is 18.0 Å². The van der Waals surface area contributed by atoms with Crippen LogP contribution < -0.4 is 5.32 Å². The van der Waals surface area contributed by atoms with Crippen LogP contribution in [0.5, 0.6) is 0 Å². The summed E-state index contributed by atoms with van der Waals surface area (Å²) in [7, 11) is 0. The molecule has 2 aliphatic rings. The van der Waals surface area contributed by atoms with Crippen LogP contribution in [0.3, 0.4) is 0 Å². The maximum Gasteiger partial charge on any atom is 0.254 e. The van der Waals surface area contributed by atoms with Gasteiger partial charge in [0.1, 0.15) is 0 Å². The Hall–Kier alpha value is -1.84. The molecule has 1 saturated carbocycles. The molecule has 1 fully saturated rings. The number of fused-ring (bicyclic) bond motifs is 1. The number of hydrogen-bond acceptors (Lipinski definition) is 2. The highest BCUT2D eigenvalue weighted by Crippen LogP contribution is 2.30. The molecule has 1 aliphatic carbocycles. The molecule has 0 aromatic heterocycles. The average molecular weight is 258 g/mol. The summed E-state index contributed by atoms with van der Waals surface area (Å²) in [6, 6.07) is 5.97. The van der Waals surface area contributed by atoms with Crippen LogP contribution in [0.15, 0.2) is 18.2 Å². The third kappa shape index (κ3) is 2.35. The Balaban J connectivity index is 1.83. The smallest absolute Gasteiger partial charge is 0.254 e. The molecule has 0 atom stereocenters. The Morgan fingerprint density at radius 3 is 2.89 bits per heavy atom. The first-order valence-corrected chi connectivity index (χ1v) is 6.93. The maximum absolute atomic E-state index is 12.5. The molecule has 4 heteroatoms. The van der Waals surface area contributed by atoms with Gasteiger partial charge in [0.25, 0.3) is 5.91 Å². The Morgan fingerprint density at radius 1 is 1.42 bits per heavy atom. The van der Waals surface area contributed by atoms with E-state index in [1.54, 1.807) is 0 Å². The van der Waals surface area contributed by atoms with Crippen molar-refractivity contribution in [1.29, 1.82) is 0 Å². The SMILES string of the molecule is CCCN(C(=O)c1ccc2c(c1)NC(=O)C2)C1CC1.